The first-order chi connectivity index (χ1) is 9.17. The largest absolute Gasteiger partial charge is 0.367 e. The van der Waals surface area contributed by atoms with E-state index >= 15 is 0 Å². The van der Waals surface area contributed by atoms with E-state index in [1.807, 2.05) is 0 Å². The van der Waals surface area contributed by atoms with E-state index in [0.717, 1.165) is 30.9 Å². The van der Waals surface area contributed by atoms with E-state index in [2.05, 4.69) is 46.0 Å². The van der Waals surface area contributed by atoms with Crippen LogP contribution in [0.4, 0.5) is 5.82 Å². The van der Waals surface area contributed by atoms with Gasteiger partial charge >= 0.3 is 0 Å². The van der Waals surface area contributed by atoms with Gasteiger partial charge in [-0.2, -0.15) is 11.3 Å². The molecule has 2 aromatic rings. The molecular formula is C14H18ClN3S. The summed E-state index contributed by atoms with van der Waals surface area (Å²) in [6.07, 6.45) is 2.85. The van der Waals surface area contributed by atoms with E-state index in [1.165, 1.54) is 5.56 Å². The molecule has 0 amide bonds. The molecule has 5 heteroatoms. The number of hydrogen-bond donors (Lipinski definition) is 1. The minimum Gasteiger partial charge on any atom is -0.367 e. The van der Waals surface area contributed by atoms with Gasteiger partial charge in [0, 0.05) is 18.5 Å². The molecule has 0 fully saturated rings. The second kappa shape index (κ2) is 6.87. The molecule has 0 spiro atoms. The highest BCUT2D eigenvalue weighted by atomic mass is 35.5. The van der Waals surface area contributed by atoms with Crippen LogP contribution in [-0.4, -0.2) is 16.0 Å². The molecule has 0 radical (unpaired) electrons. The highest BCUT2D eigenvalue weighted by Gasteiger charge is 2.07. The maximum atomic E-state index is 6.02. The van der Waals surface area contributed by atoms with Crippen molar-refractivity contribution in [3.63, 3.8) is 0 Å². The van der Waals surface area contributed by atoms with Crippen molar-refractivity contribution in [1.82, 2.24) is 9.97 Å². The van der Waals surface area contributed by atoms with Crippen LogP contribution in [0.25, 0.3) is 0 Å². The van der Waals surface area contributed by atoms with Gasteiger partial charge in [0.1, 0.15) is 16.8 Å². The number of nitrogens with one attached hydrogen (secondary N) is 1. The summed E-state index contributed by atoms with van der Waals surface area (Å²) in [5.41, 5.74) is 1.35. The van der Waals surface area contributed by atoms with Crippen LogP contribution in [0.5, 0.6) is 0 Å². The summed E-state index contributed by atoms with van der Waals surface area (Å²) in [6.45, 7) is 4.25. The van der Waals surface area contributed by atoms with Gasteiger partial charge in [-0.15, -0.1) is 0 Å². The predicted molar refractivity (Wildman–Crippen MR) is 82.1 cm³/mol. The van der Waals surface area contributed by atoms with Gasteiger partial charge in [0.05, 0.1) is 0 Å². The Morgan fingerprint density at radius 1 is 1.42 bits per heavy atom. The minimum absolute atomic E-state index is 0.315. The summed E-state index contributed by atoms with van der Waals surface area (Å²) in [7, 11) is 0. The molecule has 102 valence electrons. The lowest BCUT2D eigenvalue weighted by Gasteiger charge is -2.14. The fourth-order valence-electron chi connectivity index (χ4n) is 1.94. The molecule has 0 aliphatic rings. The number of aryl methyl sites for hydroxylation is 1. The first-order valence-corrected chi connectivity index (χ1v) is 7.80. The summed E-state index contributed by atoms with van der Waals surface area (Å²) >= 11 is 7.75. The standard InChI is InChI=1S/C14H18ClN3S/c1-3-4-13-17-12(15)8-14(18-13)16-10(2)7-11-5-6-19-9-11/h5-6,8-10H,3-4,7H2,1-2H3,(H,16,17,18). The van der Waals surface area contributed by atoms with Crippen LogP contribution in [0.3, 0.4) is 0 Å². The Morgan fingerprint density at radius 2 is 2.26 bits per heavy atom. The zero-order chi connectivity index (χ0) is 13.7. The van der Waals surface area contributed by atoms with Crippen LogP contribution in [0.1, 0.15) is 31.7 Å². The Hall–Kier alpha value is -1.13. The second-order valence-corrected chi connectivity index (χ2v) is 5.79. The molecule has 3 nitrogen and oxygen atoms in total. The molecule has 2 heterocycles. The second-order valence-electron chi connectivity index (χ2n) is 4.62. The van der Waals surface area contributed by atoms with Crippen LogP contribution >= 0.6 is 22.9 Å². The van der Waals surface area contributed by atoms with Crippen molar-refractivity contribution >= 4 is 28.8 Å². The zero-order valence-electron chi connectivity index (χ0n) is 11.2. The van der Waals surface area contributed by atoms with Gasteiger partial charge in [0.15, 0.2) is 0 Å². The SMILES string of the molecule is CCCc1nc(Cl)cc(NC(C)Cc2ccsc2)n1. The molecular weight excluding hydrogens is 278 g/mol. The highest BCUT2D eigenvalue weighted by molar-refractivity contribution is 7.07. The number of hydrogen-bond acceptors (Lipinski definition) is 4. The van der Waals surface area contributed by atoms with Gasteiger partial charge in [-0.05, 0) is 42.2 Å². The lowest BCUT2D eigenvalue weighted by atomic mass is 10.1. The fraction of sp³-hybridized carbons (Fsp3) is 0.429. The van der Waals surface area contributed by atoms with Crippen molar-refractivity contribution < 1.29 is 0 Å². The van der Waals surface area contributed by atoms with Gasteiger partial charge in [-0.25, -0.2) is 9.97 Å². The van der Waals surface area contributed by atoms with E-state index in [0.29, 0.717) is 11.2 Å². The molecule has 1 unspecified atom stereocenters. The maximum absolute atomic E-state index is 6.02. The third-order valence-electron chi connectivity index (χ3n) is 2.73. The maximum Gasteiger partial charge on any atom is 0.134 e. The summed E-state index contributed by atoms with van der Waals surface area (Å²) < 4.78 is 0. The molecule has 0 saturated heterocycles. The molecule has 0 aliphatic heterocycles. The molecule has 0 aliphatic carbocycles. The predicted octanol–water partition coefficient (Wildman–Crippen LogP) is 4.19. The van der Waals surface area contributed by atoms with Crippen LogP contribution in [0.2, 0.25) is 5.15 Å². The average Bonchev–Trinajstić information content (AvgIpc) is 2.81. The topological polar surface area (TPSA) is 37.8 Å². The van der Waals surface area contributed by atoms with Crippen molar-refractivity contribution in [1.29, 1.82) is 0 Å². The van der Waals surface area contributed by atoms with Gasteiger partial charge in [0.25, 0.3) is 0 Å². The Kier molecular flexibility index (Phi) is 5.16. The van der Waals surface area contributed by atoms with Crippen LogP contribution < -0.4 is 5.32 Å². The number of anilines is 1. The molecule has 19 heavy (non-hydrogen) atoms. The number of rotatable bonds is 6. The van der Waals surface area contributed by atoms with E-state index in [9.17, 15) is 0 Å². The number of nitrogens with zero attached hydrogens (tertiary/aromatic N) is 2. The Bertz CT molecular complexity index is 513. The van der Waals surface area contributed by atoms with Crippen molar-refractivity contribution in [2.24, 2.45) is 0 Å². The first kappa shape index (κ1) is 14.3. The third kappa shape index (κ3) is 4.48. The Balaban J connectivity index is 2.01. The number of thiophene rings is 1. The van der Waals surface area contributed by atoms with Crippen molar-refractivity contribution in [2.75, 3.05) is 5.32 Å². The van der Waals surface area contributed by atoms with Gasteiger partial charge in [-0.1, -0.05) is 18.5 Å². The van der Waals surface area contributed by atoms with Gasteiger partial charge in [-0.3, -0.25) is 0 Å². The van der Waals surface area contributed by atoms with Gasteiger partial charge < -0.3 is 5.32 Å². The van der Waals surface area contributed by atoms with Crippen LogP contribution in [0.15, 0.2) is 22.9 Å². The number of aromatic nitrogens is 2. The van der Waals surface area contributed by atoms with Crippen molar-refractivity contribution in [3.05, 3.63) is 39.4 Å². The molecule has 1 atom stereocenters. The van der Waals surface area contributed by atoms with E-state index < -0.39 is 0 Å². The third-order valence-corrected chi connectivity index (χ3v) is 3.66. The molecule has 0 saturated carbocycles. The van der Waals surface area contributed by atoms with Gasteiger partial charge in [0.2, 0.25) is 0 Å². The highest BCUT2D eigenvalue weighted by Crippen LogP contribution is 2.15. The van der Waals surface area contributed by atoms with Crippen LogP contribution in [-0.2, 0) is 12.8 Å². The number of halogens is 1. The van der Waals surface area contributed by atoms with Crippen molar-refractivity contribution in [2.45, 2.75) is 39.2 Å². The minimum atomic E-state index is 0.315. The Labute approximate surface area is 123 Å². The molecule has 0 bridgehead atoms. The van der Waals surface area contributed by atoms with Crippen molar-refractivity contribution in [3.8, 4) is 0 Å². The summed E-state index contributed by atoms with van der Waals surface area (Å²) in [6, 6.07) is 4.25. The van der Waals surface area contributed by atoms with Crippen LogP contribution in [0, 0.1) is 0 Å². The zero-order valence-corrected chi connectivity index (χ0v) is 12.8. The fourth-order valence-corrected chi connectivity index (χ4v) is 2.82. The molecule has 2 aromatic heterocycles. The molecule has 1 N–H and O–H groups in total. The Morgan fingerprint density at radius 3 is 2.95 bits per heavy atom. The van der Waals surface area contributed by atoms with E-state index in [-0.39, 0.29) is 0 Å². The summed E-state index contributed by atoms with van der Waals surface area (Å²) in [5.74, 6) is 1.62. The smallest absolute Gasteiger partial charge is 0.134 e. The normalized spacial score (nSPS) is 12.4. The lowest BCUT2D eigenvalue weighted by Crippen LogP contribution is -2.19. The van der Waals surface area contributed by atoms with E-state index in [4.69, 9.17) is 11.6 Å². The summed E-state index contributed by atoms with van der Waals surface area (Å²) in [5, 5.41) is 8.17. The lowest BCUT2D eigenvalue weighted by molar-refractivity contribution is 0.775. The first-order valence-electron chi connectivity index (χ1n) is 6.48. The quantitative estimate of drug-likeness (QED) is 0.812. The molecule has 2 rings (SSSR count). The molecule has 0 aromatic carbocycles. The summed E-state index contributed by atoms with van der Waals surface area (Å²) in [4.78, 5) is 8.71. The van der Waals surface area contributed by atoms with E-state index in [1.54, 1.807) is 17.4 Å². The monoisotopic (exact) mass is 295 g/mol. The average molecular weight is 296 g/mol.